The maximum Gasteiger partial charge on any atom is 0.305 e. The smallest absolute Gasteiger partial charge is 0.305 e. The molecule has 0 bridgehead atoms. The van der Waals surface area contributed by atoms with E-state index in [-0.39, 0.29) is 18.2 Å². The Labute approximate surface area is 102 Å². The number of carbonyl (C=O) groups excluding carboxylic acids is 1. The van der Waals surface area contributed by atoms with Crippen molar-refractivity contribution in [2.45, 2.75) is 63.3 Å². The normalized spacial score (nSPS) is 23.8. The van der Waals surface area contributed by atoms with E-state index in [1.165, 1.54) is 0 Å². The van der Waals surface area contributed by atoms with Gasteiger partial charge in [-0.25, -0.2) is 0 Å². The summed E-state index contributed by atoms with van der Waals surface area (Å²) in [6.45, 7) is 0. The lowest BCUT2D eigenvalue weighted by atomic mass is 9.92. The van der Waals surface area contributed by atoms with Crippen molar-refractivity contribution < 1.29 is 14.7 Å². The maximum absolute atomic E-state index is 12.1. The molecule has 0 unspecified atom stereocenters. The van der Waals surface area contributed by atoms with Crippen molar-refractivity contribution in [3.63, 3.8) is 0 Å². The molecule has 0 aromatic heterocycles. The van der Waals surface area contributed by atoms with Crippen molar-refractivity contribution in [1.82, 2.24) is 5.32 Å². The zero-order valence-corrected chi connectivity index (χ0v) is 10.2. The van der Waals surface area contributed by atoms with Crippen LogP contribution in [0.25, 0.3) is 0 Å². The van der Waals surface area contributed by atoms with Crippen LogP contribution in [0.2, 0.25) is 0 Å². The molecule has 0 aromatic rings. The van der Waals surface area contributed by atoms with Crippen LogP contribution in [0.4, 0.5) is 0 Å². The Kier molecular flexibility index (Phi) is 3.69. The molecule has 0 saturated heterocycles. The van der Waals surface area contributed by atoms with Crippen LogP contribution in [0, 0.1) is 5.92 Å². The number of carboxylic acids is 1. The predicted molar refractivity (Wildman–Crippen MR) is 63.6 cm³/mol. The number of nitrogens with one attached hydrogen (secondary N) is 1. The van der Waals surface area contributed by atoms with Gasteiger partial charge in [0.2, 0.25) is 5.91 Å². The highest BCUT2D eigenvalue weighted by Gasteiger charge is 2.39. The molecule has 96 valence electrons. The van der Waals surface area contributed by atoms with Crippen molar-refractivity contribution in [2.75, 3.05) is 0 Å². The fourth-order valence-corrected chi connectivity index (χ4v) is 3.24. The number of aliphatic carboxylic acids is 1. The second-order valence-corrected chi connectivity index (χ2v) is 5.53. The summed E-state index contributed by atoms with van der Waals surface area (Å²) in [7, 11) is 0. The second kappa shape index (κ2) is 5.07. The lowest BCUT2D eigenvalue weighted by molar-refractivity contribution is -0.139. The molecule has 2 saturated carbocycles. The molecule has 17 heavy (non-hydrogen) atoms. The molecule has 2 aliphatic carbocycles. The molecular weight excluding hydrogens is 218 g/mol. The first-order valence-electron chi connectivity index (χ1n) is 6.65. The summed E-state index contributed by atoms with van der Waals surface area (Å²) in [5, 5.41) is 12.0. The summed E-state index contributed by atoms with van der Waals surface area (Å²) in [6.07, 6.45) is 7.95. The Morgan fingerprint density at radius 2 is 1.71 bits per heavy atom. The summed E-state index contributed by atoms with van der Waals surface area (Å²) < 4.78 is 0. The third-order valence-electron chi connectivity index (χ3n) is 4.16. The summed E-state index contributed by atoms with van der Waals surface area (Å²) >= 11 is 0. The minimum absolute atomic E-state index is 0.0749. The standard InChI is InChI=1S/C13H21NO3/c15-11(16)9-13(7-3-4-8-13)14-12(17)10-5-1-2-6-10/h10H,1-9H2,(H,14,17)(H,15,16). The summed E-state index contributed by atoms with van der Waals surface area (Å²) in [5.74, 6) is -0.592. The van der Waals surface area contributed by atoms with Crippen molar-refractivity contribution in [3.8, 4) is 0 Å². The highest BCUT2D eigenvalue weighted by molar-refractivity contribution is 5.80. The maximum atomic E-state index is 12.1. The number of amides is 1. The van der Waals surface area contributed by atoms with E-state index in [1.54, 1.807) is 0 Å². The molecule has 2 aliphatic rings. The second-order valence-electron chi connectivity index (χ2n) is 5.53. The first-order chi connectivity index (χ1) is 8.11. The largest absolute Gasteiger partial charge is 0.481 e. The van der Waals surface area contributed by atoms with Gasteiger partial charge in [0, 0.05) is 5.92 Å². The van der Waals surface area contributed by atoms with Gasteiger partial charge >= 0.3 is 5.97 Å². The van der Waals surface area contributed by atoms with Crippen molar-refractivity contribution >= 4 is 11.9 Å². The van der Waals surface area contributed by atoms with Gasteiger partial charge in [0.25, 0.3) is 0 Å². The highest BCUT2D eigenvalue weighted by atomic mass is 16.4. The number of hydrogen-bond acceptors (Lipinski definition) is 2. The van der Waals surface area contributed by atoms with Gasteiger partial charge in [-0.15, -0.1) is 0 Å². The van der Waals surface area contributed by atoms with Crippen LogP contribution in [0.3, 0.4) is 0 Å². The van der Waals surface area contributed by atoms with E-state index >= 15 is 0 Å². The fourth-order valence-electron chi connectivity index (χ4n) is 3.24. The Hall–Kier alpha value is -1.06. The first-order valence-corrected chi connectivity index (χ1v) is 6.65. The predicted octanol–water partition coefficient (Wildman–Crippen LogP) is 2.08. The first kappa shape index (κ1) is 12.4. The van der Waals surface area contributed by atoms with E-state index in [0.717, 1.165) is 51.4 Å². The minimum Gasteiger partial charge on any atom is -0.481 e. The molecule has 4 heteroatoms. The van der Waals surface area contributed by atoms with Gasteiger partial charge in [0.15, 0.2) is 0 Å². The molecule has 0 aromatic carbocycles. The SMILES string of the molecule is O=C(O)CC1(NC(=O)C2CCCC2)CCCC1. The molecule has 2 rings (SSSR count). The van der Waals surface area contributed by atoms with Crippen LogP contribution in [0.15, 0.2) is 0 Å². The molecule has 0 aliphatic heterocycles. The van der Waals surface area contributed by atoms with Gasteiger partial charge in [0.05, 0.1) is 12.0 Å². The van der Waals surface area contributed by atoms with Crippen LogP contribution in [-0.2, 0) is 9.59 Å². The molecule has 0 heterocycles. The highest BCUT2D eigenvalue weighted by Crippen LogP contribution is 2.34. The number of rotatable bonds is 4. The molecule has 2 fully saturated rings. The van der Waals surface area contributed by atoms with E-state index in [9.17, 15) is 9.59 Å². The van der Waals surface area contributed by atoms with Crippen molar-refractivity contribution in [1.29, 1.82) is 0 Å². The minimum atomic E-state index is -0.807. The van der Waals surface area contributed by atoms with Gasteiger partial charge in [-0.2, -0.15) is 0 Å². The van der Waals surface area contributed by atoms with E-state index in [4.69, 9.17) is 5.11 Å². The van der Waals surface area contributed by atoms with Crippen molar-refractivity contribution in [3.05, 3.63) is 0 Å². The van der Waals surface area contributed by atoms with E-state index in [0.29, 0.717) is 0 Å². The monoisotopic (exact) mass is 239 g/mol. The van der Waals surface area contributed by atoms with Gasteiger partial charge in [-0.05, 0) is 25.7 Å². The van der Waals surface area contributed by atoms with E-state index < -0.39 is 11.5 Å². The number of carboxylic acid groups (broad SMARTS) is 1. The lowest BCUT2D eigenvalue weighted by Crippen LogP contribution is -2.49. The summed E-state index contributed by atoms with van der Waals surface area (Å²) in [5.41, 5.74) is -0.453. The van der Waals surface area contributed by atoms with E-state index in [2.05, 4.69) is 5.32 Å². The fraction of sp³-hybridized carbons (Fsp3) is 0.846. The third kappa shape index (κ3) is 2.99. The molecule has 0 radical (unpaired) electrons. The lowest BCUT2D eigenvalue weighted by Gasteiger charge is -2.30. The number of carbonyl (C=O) groups is 2. The average Bonchev–Trinajstić information content (AvgIpc) is 2.86. The van der Waals surface area contributed by atoms with Gasteiger partial charge in [-0.3, -0.25) is 9.59 Å². The molecule has 4 nitrogen and oxygen atoms in total. The Morgan fingerprint density at radius 3 is 2.24 bits per heavy atom. The molecule has 0 atom stereocenters. The molecule has 2 N–H and O–H groups in total. The van der Waals surface area contributed by atoms with Crippen LogP contribution in [-0.4, -0.2) is 22.5 Å². The van der Waals surface area contributed by atoms with Crippen LogP contribution < -0.4 is 5.32 Å². The van der Waals surface area contributed by atoms with Gasteiger partial charge in [0.1, 0.15) is 0 Å². The van der Waals surface area contributed by atoms with Gasteiger partial charge < -0.3 is 10.4 Å². The van der Waals surface area contributed by atoms with Crippen molar-refractivity contribution in [2.24, 2.45) is 5.92 Å². The average molecular weight is 239 g/mol. The zero-order valence-electron chi connectivity index (χ0n) is 10.2. The van der Waals surface area contributed by atoms with Gasteiger partial charge in [-0.1, -0.05) is 25.7 Å². The van der Waals surface area contributed by atoms with E-state index in [1.807, 2.05) is 0 Å². The topological polar surface area (TPSA) is 66.4 Å². The Morgan fingerprint density at radius 1 is 1.12 bits per heavy atom. The Bertz CT molecular complexity index is 302. The Balaban J connectivity index is 1.97. The molecular formula is C13H21NO3. The zero-order chi connectivity index (χ0) is 12.3. The quantitative estimate of drug-likeness (QED) is 0.789. The summed E-state index contributed by atoms with van der Waals surface area (Å²) in [6, 6.07) is 0. The molecule has 0 spiro atoms. The summed E-state index contributed by atoms with van der Waals surface area (Å²) in [4.78, 5) is 23.0. The third-order valence-corrected chi connectivity index (χ3v) is 4.16. The number of hydrogen-bond donors (Lipinski definition) is 2. The van der Waals surface area contributed by atoms with Crippen LogP contribution in [0.1, 0.15) is 57.8 Å². The molecule has 1 amide bonds. The van der Waals surface area contributed by atoms with Crippen LogP contribution in [0.5, 0.6) is 0 Å². The van der Waals surface area contributed by atoms with Crippen LogP contribution >= 0.6 is 0 Å².